The van der Waals surface area contributed by atoms with E-state index in [9.17, 15) is 5.11 Å². The molecule has 1 atom stereocenters. The van der Waals surface area contributed by atoms with Crippen molar-refractivity contribution < 1.29 is 5.11 Å². The molecule has 0 radical (unpaired) electrons. The number of nitrogens with one attached hydrogen (secondary N) is 1. The monoisotopic (exact) mass is 276 g/mol. The van der Waals surface area contributed by atoms with Gasteiger partial charge in [0.2, 0.25) is 0 Å². The van der Waals surface area contributed by atoms with Gasteiger partial charge in [-0.05, 0) is 18.6 Å². The van der Waals surface area contributed by atoms with Gasteiger partial charge in [-0.25, -0.2) is 0 Å². The van der Waals surface area contributed by atoms with E-state index >= 15 is 0 Å². The van der Waals surface area contributed by atoms with Gasteiger partial charge in [0, 0.05) is 22.2 Å². The zero-order valence-electron chi connectivity index (χ0n) is 9.84. The standard InChI is InChI=1S/C12H18Cl2N2O/c1-2-3-6-12(17,8-16-15)10-5-4-9(13)7-11(10)14/h4-5,7,16-17H,2-3,6,8,15H2,1H3. The van der Waals surface area contributed by atoms with Gasteiger partial charge in [0.1, 0.15) is 5.60 Å². The van der Waals surface area contributed by atoms with Crippen LogP contribution in [0, 0.1) is 0 Å². The number of hydrazine groups is 1. The summed E-state index contributed by atoms with van der Waals surface area (Å²) in [5.41, 5.74) is 2.13. The van der Waals surface area contributed by atoms with Gasteiger partial charge in [-0.3, -0.25) is 11.3 Å². The Balaban J connectivity index is 3.03. The average Bonchev–Trinajstić information content (AvgIpc) is 2.26. The van der Waals surface area contributed by atoms with E-state index in [0.29, 0.717) is 22.0 Å². The van der Waals surface area contributed by atoms with Crippen LogP contribution in [0.1, 0.15) is 31.7 Å². The SMILES string of the molecule is CCCCC(O)(CNN)c1ccc(Cl)cc1Cl. The van der Waals surface area contributed by atoms with Crippen LogP contribution in [-0.2, 0) is 5.60 Å². The second-order valence-electron chi connectivity index (χ2n) is 4.14. The molecule has 4 N–H and O–H groups in total. The van der Waals surface area contributed by atoms with Crippen molar-refractivity contribution >= 4 is 23.2 Å². The van der Waals surface area contributed by atoms with Crippen molar-refractivity contribution in [3.05, 3.63) is 33.8 Å². The number of nitrogens with two attached hydrogens (primary N) is 1. The molecule has 1 rings (SSSR count). The van der Waals surface area contributed by atoms with Crippen molar-refractivity contribution in [3.8, 4) is 0 Å². The van der Waals surface area contributed by atoms with Crippen LogP contribution in [0.15, 0.2) is 18.2 Å². The Bertz CT molecular complexity index is 374. The summed E-state index contributed by atoms with van der Waals surface area (Å²) >= 11 is 12.0. The lowest BCUT2D eigenvalue weighted by Gasteiger charge is -2.29. The third-order valence-electron chi connectivity index (χ3n) is 2.77. The number of hydrogen-bond acceptors (Lipinski definition) is 3. The Kier molecular flexibility index (Phi) is 5.70. The quantitative estimate of drug-likeness (QED) is 0.553. The van der Waals surface area contributed by atoms with Gasteiger partial charge in [-0.2, -0.15) is 0 Å². The van der Waals surface area contributed by atoms with E-state index in [1.807, 2.05) is 0 Å². The first kappa shape index (κ1) is 14.7. The summed E-state index contributed by atoms with van der Waals surface area (Å²) < 4.78 is 0. The number of benzene rings is 1. The molecule has 0 amide bonds. The molecular weight excluding hydrogens is 259 g/mol. The molecule has 0 aromatic heterocycles. The highest BCUT2D eigenvalue weighted by atomic mass is 35.5. The molecule has 1 unspecified atom stereocenters. The van der Waals surface area contributed by atoms with E-state index in [1.54, 1.807) is 18.2 Å². The predicted molar refractivity (Wildman–Crippen MR) is 72.1 cm³/mol. The van der Waals surface area contributed by atoms with E-state index in [1.165, 1.54) is 0 Å². The molecular formula is C12H18Cl2N2O. The summed E-state index contributed by atoms with van der Waals surface area (Å²) in [7, 11) is 0. The molecule has 0 saturated carbocycles. The lowest BCUT2D eigenvalue weighted by atomic mass is 9.88. The Morgan fingerprint density at radius 3 is 2.65 bits per heavy atom. The highest BCUT2D eigenvalue weighted by Crippen LogP contribution is 2.33. The molecule has 1 aromatic carbocycles. The zero-order chi connectivity index (χ0) is 12.9. The van der Waals surface area contributed by atoms with Crippen LogP contribution in [0.2, 0.25) is 10.0 Å². The van der Waals surface area contributed by atoms with Gasteiger partial charge in [0.15, 0.2) is 0 Å². The molecule has 17 heavy (non-hydrogen) atoms. The molecule has 0 bridgehead atoms. The fourth-order valence-electron chi connectivity index (χ4n) is 1.82. The van der Waals surface area contributed by atoms with Gasteiger partial charge in [-0.1, -0.05) is 49.0 Å². The summed E-state index contributed by atoms with van der Waals surface area (Å²) in [5.74, 6) is 5.32. The van der Waals surface area contributed by atoms with Crippen LogP contribution < -0.4 is 11.3 Å². The predicted octanol–water partition coefficient (Wildman–Crippen LogP) is 2.83. The van der Waals surface area contributed by atoms with Crippen LogP contribution in [0.4, 0.5) is 0 Å². The molecule has 0 fully saturated rings. The van der Waals surface area contributed by atoms with Gasteiger partial charge in [0.25, 0.3) is 0 Å². The molecule has 0 aliphatic carbocycles. The molecule has 0 heterocycles. The molecule has 0 aliphatic rings. The van der Waals surface area contributed by atoms with Crippen molar-refractivity contribution in [1.82, 2.24) is 5.43 Å². The highest BCUT2D eigenvalue weighted by Gasteiger charge is 2.30. The van der Waals surface area contributed by atoms with Crippen LogP contribution in [0.25, 0.3) is 0 Å². The van der Waals surface area contributed by atoms with Crippen LogP contribution in [-0.4, -0.2) is 11.7 Å². The summed E-state index contributed by atoms with van der Waals surface area (Å²) in [4.78, 5) is 0. The van der Waals surface area contributed by atoms with E-state index in [0.717, 1.165) is 12.8 Å². The molecule has 0 spiro atoms. The maximum absolute atomic E-state index is 10.6. The van der Waals surface area contributed by atoms with Gasteiger partial charge < -0.3 is 5.11 Å². The van der Waals surface area contributed by atoms with Crippen molar-refractivity contribution in [2.24, 2.45) is 5.84 Å². The minimum atomic E-state index is -1.05. The van der Waals surface area contributed by atoms with Gasteiger partial charge in [0.05, 0.1) is 0 Å². The highest BCUT2D eigenvalue weighted by molar-refractivity contribution is 6.35. The first-order valence-electron chi connectivity index (χ1n) is 5.65. The topological polar surface area (TPSA) is 58.3 Å². The largest absolute Gasteiger partial charge is 0.384 e. The summed E-state index contributed by atoms with van der Waals surface area (Å²) in [5, 5.41) is 11.6. The van der Waals surface area contributed by atoms with Gasteiger partial charge >= 0.3 is 0 Å². The fourth-order valence-corrected chi connectivity index (χ4v) is 2.41. The summed E-state index contributed by atoms with van der Waals surface area (Å²) in [6.45, 7) is 2.33. The zero-order valence-corrected chi connectivity index (χ0v) is 11.4. The molecule has 3 nitrogen and oxygen atoms in total. The second kappa shape index (κ2) is 6.57. The summed E-state index contributed by atoms with van der Waals surface area (Å²) in [6, 6.07) is 5.10. The van der Waals surface area contributed by atoms with Crippen molar-refractivity contribution in [3.63, 3.8) is 0 Å². The third kappa shape index (κ3) is 3.83. The lowest BCUT2D eigenvalue weighted by Crippen LogP contribution is -2.41. The number of rotatable bonds is 6. The number of unbranched alkanes of at least 4 members (excludes halogenated alkanes) is 1. The van der Waals surface area contributed by atoms with E-state index < -0.39 is 5.60 Å². The average molecular weight is 277 g/mol. The second-order valence-corrected chi connectivity index (χ2v) is 4.98. The fraction of sp³-hybridized carbons (Fsp3) is 0.500. The number of aliphatic hydroxyl groups is 1. The van der Waals surface area contributed by atoms with Crippen LogP contribution in [0.3, 0.4) is 0 Å². The van der Waals surface area contributed by atoms with Crippen molar-refractivity contribution in [1.29, 1.82) is 0 Å². The van der Waals surface area contributed by atoms with Crippen LogP contribution in [0.5, 0.6) is 0 Å². The Morgan fingerprint density at radius 1 is 1.41 bits per heavy atom. The maximum atomic E-state index is 10.6. The van der Waals surface area contributed by atoms with E-state index in [4.69, 9.17) is 29.0 Å². The first-order valence-corrected chi connectivity index (χ1v) is 6.40. The maximum Gasteiger partial charge on any atom is 0.105 e. The normalized spacial score (nSPS) is 14.6. The Hall–Kier alpha value is -0.320. The Morgan fingerprint density at radius 2 is 2.12 bits per heavy atom. The molecule has 0 aliphatic heterocycles. The number of hydrogen-bond donors (Lipinski definition) is 3. The van der Waals surface area contributed by atoms with Crippen molar-refractivity contribution in [2.45, 2.75) is 31.8 Å². The lowest BCUT2D eigenvalue weighted by molar-refractivity contribution is 0.0258. The van der Waals surface area contributed by atoms with Crippen molar-refractivity contribution in [2.75, 3.05) is 6.54 Å². The first-order chi connectivity index (χ1) is 8.03. The Labute approximate surface area is 112 Å². The smallest absolute Gasteiger partial charge is 0.105 e. The molecule has 5 heteroatoms. The minimum Gasteiger partial charge on any atom is -0.384 e. The summed E-state index contributed by atoms with van der Waals surface area (Å²) in [6.07, 6.45) is 2.50. The van der Waals surface area contributed by atoms with Crippen LogP contribution >= 0.6 is 23.2 Å². The van der Waals surface area contributed by atoms with E-state index in [2.05, 4.69) is 12.3 Å². The minimum absolute atomic E-state index is 0.258. The van der Waals surface area contributed by atoms with Gasteiger partial charge in [-0.15, -0.1) is 0 Å². The third-order valence-corrected chi connectivity index (χ3v) is 3.32. The number of halogens is 2. The molecule has 0 saturated heterocycles. The molecule has 96 valence electrons. The molecule has 1 aromatic rings. The van der Waals surface area contributed by atoms with E-state index in [-0.39, 0.29) is 6.54 Å².